The number of nitrogens with one attached hydrogen (secondary N) is 1. The summed E-state index contributed by atoms with van der Waals surface area (Å²) in [4.78, 5) is 2.35. The molecule has 2 rings (SSSR count). The average Bonchev–Trinajstić information content (AvgIpc) is 2.35. The molecule has 1 aromatic rings. The third-order valence-corrected chi connectivity index (χ3v) is 3.56. The topological polar surface area (TPSA) is 39.1 Å². The Morgan fingerprint density at radius 3 is 2.67 bits per heavy atom. The van der Waals surface area contributed by atoms with Crippen LogP contribution >= 0.6 is 0 Å². The molecule has 1 heterocycles. The van der Waals surface area contributed by atoms with Crippen molar-refractivity contribution < 1.29 is 4.39 Å². The Hall–Kier alpha value is -1.44. The lowest BCUT2D eigenvalue weighted by molar-refractivity contribution is 0.108. The Labute approximate surface area is 107 Å². The number of piperazine rings is 1. The van der Waals surface area contributed by atoms with E-state index in [4.69, 9.17) is 5.26 Å². The number of rotatable bonds is 2. The Kier molecular flexibility index (Phi) is 3.95. The first kappa shape index (κ1) is 13.0. The fraction of sp³-hybridized carbons (Fsp3) is 0.500. The zero-order valence-electron chi connectivity index (χ0n) is 10.8. The maximum absolute atomic E-state index is 13.1. The van der Waals surface area contributed by atoms with Gasteiger partial charge in [0.1, 0.15) is 5.82 Å². The molecule has 1 aromatic carbocycles. The van der Waals surface area contributed by atoms with Gasteiger partial charge in [-0.3, -0.25) is 4.90 Å². The first-order valence-electron chi connectivity index (χ1n) is 6.27. The van der Waals surface area contributed by atoms with Crippen LogP contribution in [0.3, 0.4) is 0 Å². The monoisotopic (exact) mass is 247 g/mol. The molecule has 18 heavy (non-hydrogen) atoms. The van der Waals surface area contributed by atoms with E-state index in [-0.39, 0.29) is 5.82 Å². The highest BCUT2D eigenvalue weighted by Crippen LogP contribution is 2.18. The highest BCUT2D eigenvalue weighted by atomic mass is 19.1. The van der Waals surface area contributed by atoms with E-state index < -0.39 is 0 Å². The Morgan fingerprint density at radius 1 is 1.39 bits per heavy atom. The van der Waals surface area contributed by atoms with Crippen molar-refractivity contribution in [2.75, 3.05) is 13.1 Å². The predicted molar refractivity (Wildman–Crippen MR) is 68.5 cm³/mol. The highest BCUT2D eigenvalue weighted by Gasteiger charge is 2.24. The quantitative estimate of drug-likeness (QED) is 0.867. The molecule has 96 valence electrons. The van der Waals surface area contributed by atoms with Gasteiger partial charge in [-0.15, -0.1) is 0 Å². The maximum atomic E-state index is 13.1. The van der Waals surface area contributed by atoms with Crippen LogP contribution < -0.4 is 5.32 Å². The summed E-state index contributed by atoms with van der Waals surface area (Å²) in [6.45, 7) is 6.94. The second-order valence-electron chi connectivity index (χ2n) is 4.94. The maximum Gasteiger partial charge on any atom is 0.124 e. The number of nitrogens with zero attached hydrogens (tertiary/aromatic N) is 2. The molecule has 3 nitrogen and oxygen atoms in total. The molecule has 0 spiro atoms. The molecule has 1 aliphatic heterocycles. The van der Waals surface area contributed by atoms with Gasteiger partial charge in [-0.05, 0) is 31.5 Å². The van der Waals surface area contributed by atoms with E-state index in [1.807, 2.05) is 0 Å². The molecule has 2 unspecified atom stereocenters. The first-order chi connectivity index (χ1) is 8.61. The fourth-order valence-corrected chi connectivity index (χ4v) is 2.47. The zero-order valence-corrected chi connectivity index (χ0v) is 10.8. The first-order valence-corrected chi connectivity index (χ1v) is 6.27. The van der Waals surface area contributed by atoms with Gasteiger partial charge in [0.25, 0.3) is 0 Å². The molecule has 0 saturated carbocycles. The van der Waals surface area contributed by atoms with E-state index >= 15 is 0 Å². The minimum absolute atomic E-state index is 0.350. The molecule has 1 N–H and O–H groups in total. The average molecular weight is 247 g/mol. The number of hydrogen-bond acceptors (Lipinski definition) is 3. The van der Waals surface area contributed by atoms with Crippen LogP contribution in [0.15, 0.2) is 18.2 Å². The van der Waals surface area contributed by atoms with Crippen molar-refractivity contribution in [1.29, 1.82) is 5.26 Å². The van der Waals surface area contributed by atoms with Crippen LogP contribution in [0.25, 0.3) is 0 Å². The van der Waals surface area contributed by atoms with Crippen molar-refractivity contribution in [3.8, 4) is 6.07 Å². The largest absolute Gasteiger partial charge is 0.314 e. The van der Waals surface area contributed by atoms with Crippen molar-refractivity contribution in [1.82, 2.24) is 10.2 Å². The Balaban J connectivity index is 2.20. The summed E-state index contributed by atoms with van der Waals surface area (Å²) in [7, 11) is 0. The minimum atomic E-state index is -0.350. The molecule has 0 aliphatic carbocycles. The van der Waals surface area contributed by atoms with Gasteiger partial charge in [0.05, 0.1) is 11.6 Å². The van der Waals surface area contributed by atoms with Crippen LogP contribution in [0.4, 0.5) is 4.39 Å². The normalized spacial score (nSPS) is 24.8. The summed E-state index contributed by atoms with van der Waals surface area (Å²) in [5.74, 6) is -0.350. The molecule has 1 fully saturated rings. The smallest absolute Gasteiger partial charge is 0.124 e. The van der Waals surface area contributed by atoms with Gasteiger partial charge >= 0.3 is 0 Å². The molecule has 0 aromatic heterocycles. The fourth-order valence-electron chi connectivity index (χ4n) is 2.47. The summed E-state index contributed by atoms with van der Waals surface area (Å²) in [6, 6.07) is 7.37. The Bertz CT molecular complexity index is 457. The van der Waals surface area contributed by atoms with Crippen molar-refractivity contribution in [3.05, 3.63) is 35.1 Å². The van der Waals surface area contributed by atoms with Gasteiger partial charge in [0.2, 0.25) is 0 Å². The molecular weight excluding hydrogens is 229 g/mol. The van der Waals surface area contributed by atoms with Crippen molar-refractivity contribution >= 4 is 0 Å². The van der Waals surface area contributed by atoms with Crippen molar-refractivity contribution in [3.63, 3.8) is 0 Å². The van der Waals surface area contributed by atoms with E-state index in [1.54, 1.807) is 6.07 Å². The highest BCUT2D eigenvalue weighted by molar-refractivity contribution is 5.38. The molecule has 0 bridgehead atoms. The van der Waals surface area contributed by atoms with E-state index in [0.717, 1.165) is 18.7 Å². The second kappa shape index (κ2) is 5.47. The number of hydrogen-bond donors (Lipinski definition) is 1. The molecule has 0 radical (unpaired) electrons. The van der Waals surface area contributed by atoms with Gasteiger partial charge in [-0.1, -0.05) is 6.07 Å². The lowest BCUT2D eigenvalue weighted by atomic mass is 10.0. The van der Waals surface area contributed by atoms with Crippen LogP contribution in [0.5, 0.6) is 0 Å². The van der Waals surface area contributed by atoms with E-state index in [2.05, 4.69) is 30.1 Å². The third kappa shape index (κ3) is 2.69. The molecule has 4 heteroatoms. The summed E-state index contributed by atoms with van der Waals surface area (Å²) in [6.07, 6.45) is 0. The van der Waals surface area contributed by atoms with Gasteiger partial charge in [0.15, 0.2) is 0 Å². The van der Waals surface area contributed by atoms with Gasteiger partial charge in [0, 0.05) is 31.7 Å². The summed E-state index contributed by atoms with van der Waals surface area (Å²) in [5, 5.41) is 12.4. The molecular formula is C14H18FN3. The lowest BCUT2D eigenvalue weighted by Crippen LogP contribution is -2.54. The molecule has 2 atom stereocenters. The Morgan fingerprint density at radius 2 is 2.06 bits per heavy atom. The van der Waals surface area contributed by atoms with E-state index in [1.165, 1.54) is 12.1 Å². The van der Waals surface area contributed by atoms with Crippen molar-refractivity contribution in [2.24, 2.45) is 0 Å². The summed E-state index contributed by atoms with van der Waals surface area (Å²) < 4.78 is 13.1. The molecule has 1 saturated heterocycles. The lowest BCUT2D eigenvalue weighted by Gasteiger charge is -2.39. The SMILES string of the molecule is CC1CNCC(C)N1Cc1ccc(F)cc1C#N. The predicted octanol–water partition coefficient (Wildman–Crippen LogP) is 1.88. The van der Waals surface area contributed by atoms with Crippen LogP contribution in [-0.4, -0.2) is 30.1 Å². The van der Waals surface area contributed by atoms with Gasteiger partial charge < -0.3 is 5.32 Å². The third-order valence-electron chi connectivity index (χ3n) is 3.56. The second-order valence-corrected chi connectivity index (χ2v) is 4.94. The number of halogens is 1. The molecule has 0 amide bonds. The van der Waals surface area contributed by atoms with Crippen LogP contribution in [-0.2, 0) is 6.54 Å². The van der Waals surface area contributed by atoms with Gasteiger partial charge in [-0.2, -0.15) is 5.26 Å². The summed E-state index contributed by atoms with van der Waals surface area (Å²) >= 11 is 0. The number of benzene rings is 1. The van der Waals surface area contributed by atoms with E-state index in [9.17, 15) is 4.39 Å². The van der Waals surface area contributed by atoms with Crippen LogP contribution in [0.1, 0.15) is 25.0 Å². The van der Waals surface area contributed by atoms with Gasteiger partial charge in [-0.25, -0.2) is 4.39 Å². The zero-order chi connectivity index (χ0) is 13.1. The van der Waals surface area contributed by atoms with Crippen molar-refractivity contribution in [2.45, 2.75) is 32.5 Å². The van der Waals surface area contributed by atoms with Crippen LogP contribution in [0.2, 0.25) is 0 Å². The number of nitriles is 1. The molecule has 1 aliphatic rings. The standard InChI is InChI=1S/C14H18FN3/c1-10-7-17-8-11(2)18(10)9-12-3-4-14(15)5-13(12)6-16/h3-5,10-11,17H,7-9H2,1-2H3. The van der Waals surface area contributed by atoms with E-state index in [0.29, 0.717) is 24.2 Å². The van der Waals surface area contributed by atoms with Crippen LogP contribution in [0, 0.1) is 17.1 Å². The summed E-state index contributed by atoms with van der Waals surface area (Å²) in [5.41, 5.74) is 1.34. The minimum Gasteiger partial charge on any atom is -0.314 e.